The Balaban J connectivity index is 1.96. The highest BCUT2D eigenvalue weighted by molar-refractivity contribution is 5.77. The monoisotopic (exact) mass is 298 g/mol. The summed E-state index contributed by atoms with van der Waals surface area (Å²) in [6.07, 6.45) is 3.14. The van der Waals surface area contributed by atoms with Gasteiger partial charge in [-0.2, -0.15) is 0 Å². The lowest BCUT2D eigenvalue weighted by atomic mass is 9.76. The van der Waals surface area contributed by atoms with Gasteiger partial charge in [0.1, 0.15) is 0 Å². The quantitative estimate of drug-likeness (QED) is 0.810. The third kappa shape index (κ3) is 3.31. The normalized spacial score (nSPS) is 29.3. The Hall–Kier alpha value is -1.30. The molecule has 1 unspecified atom stereocenters. The molecule has 2 aliphatic heterocycles. The van der Waals surface area contributed by atoms with Crippen LogP contribution in [0.2, 0.25) is 0 Å². The number of carbonyl (C=O) groups is 2. The molecule has 0 aromatic carbocycles. The summed E-state index contributed by atoms with van der Waals surface area (Å²) in [4.78, 5) is 27.4. The summed E-state index contributed by atoms with van der Waals surface area (Å²) >= 11 is 0. The lowest BCUT2D eigenvalue weighted by Gasteiger charge is -2.43. The van der Waals surface area contributed by atoms with Gasteiger partial charge in [-0.15, -0.1) is 0 Å². The van der Waals surface area contributed by atoms with Crippen LogP contribution in [0, 0.1) is 5.41 Å². The number of β-amino-alcohol motifs (C(OH)–C–C–N with tert-alkyl or cyclic N) is 1. The van der Waals surface area contributed by atoms with E-state index < -0.39 is 17.0 Å². The number of rotatable bonds is 2. The maximum atomic E-state index is 12.5. The van der Waals surface area contributed by atoms with E-state index in [1.807, 2.05) is 6.92 Å². The van der Waals surface area contributed by atoms with Crippen LogP contribution in [0.1, 0.15) is 46.0 Å². The van der Waals surface area contributed by atoms with Crippen LogP contribution in [0.3, 0.4) is 0 Å². The van der Waals surface area contributed by atoms with E-state index in [4.69, 9.17) is 0 Å². The summed E-state index contributed by atoms with van der Waals surface area (Å²) in [6.45, 7) is 5.65. The number of hydrogen-bond donors (Lipinski definition) is 2. The number of urea groups is 1. The van der Waals surface area contributed by atoms with E-state index in [0.29, 0.717) is 45.4 Å². The van der Waals surface area contributed by atoms with Gasteiger partial charge in [-0.3, -0.25) is 4.79 Å². The van der Waals surface area contributed by atoms with Gasteiger partial charge in [0.15, 0.2) is 0 Å². The van der Waals surface area contributed by atoms with Crippen molar-refractivity contribution in [2.45, 2.75) is 51.6 Å². The highest BCUT2D eigenvalue weighted by Crippen LogP contribution is 2.35. The van der Waals surface area contributed by atoms with Gasteiger partial charge in [0.25, 0.3) is 0 Å². The first-order chi connectivity index (χ1) is 9.80. The van der Waals surface area contributed by atoms with Crippen LogP contribution in [-0.2, 0) is 4.79 Å². The third-order valence-corrected chi connectivity index (χ3v) is 5.07. The fourth-order valence-electron chi connectivity index (χ4n) is 3.43. The van der Waals surface area contributed by atoms with E-state index in [9.17, 15) is 19.8 Å². The standard InChI is InChI=1S/C15H26N2O4/c1-3-15(12(18)19)6-9-16(10-7-15)13(20)17-8-4-5-14(2,21)11-17/h21H,3-11H2,1-2H3,(H,18,19). The molecule has 120 valence electrons. The highest BCUT2D eigenvalue weighted by atomic mass is 16.4. The molecular weight excluding hydrogens is 272 g/mol. The van der Waals surface area contributed by atoms with Gasteiger partial charge in [-0.25, -0.2) is 4.79 Å². The molecule has 2 rings (SSSR count). The van der Waals surface area contributed by atoms with Crippen molar-refractivity contribution in [3.63, 3.8) is 0 Å². The molecule has 0 aromatic rings. The van der Waals surface area contributed by atoms with E-state index in [0.717, 1.165) is 12.8 Å². The first-order valence-corrected chi connectivity index (χ1v) is 7.79. The number of carboxylic acid groups (broad SMARTS) is 1. The maximum Gasteiger partial charge on any atom is 0.320 e. The van der Waals surface area contributed by atoms with Crippen LogP contribution in [-0.4, -0.2) is 63.8 Å². The predicted molar refractivity (Wildman–Crippen MR) is 78.0 cm³/mol. The molecule has 2 heterocycles. The number of amides is 2. The van der Waals surface area contributed by atoms with Crippen molar-refractivity contribution in [3.05, 3.63) is 0 Å². The smallest absolute Gasteiger partial charge is 0.320 e. The summed E-state index contributed by atoms with van der Waals surface area (Å²) < 4.78 is 0. The Kier molecular flexibility index (Phi) is 4.46. The van der Waals surface area contributed by atoms with Gasteiger partial charge in [0.2, 0.25) is 0 Å². The zero-order chi connectivity index (χ0) is 15.7. The molecule has 6 heteroatoms. The van der Waals surface area contributed by atoms with Crippen molar-refractivity contribution in [3.8, 4) is 0 Å². The molecular formula is C15H26N2O4. The largest absolute Gasteiger partial charge is 0.481 e. The Bertz CT molecular complexity index is 414. The van der Waals surface area contributed by atoms with E-state index >= 15 is 0 Å². The van der Waals surface area contributed by atoms with Gasteiger partial charge < -0.3 is 20.0 Å². The summed E-state index contributed by atoms with van der Waals surface area (Å²) in [5.41, 5.74) is -1.48. The number of carboxylic acids is 1. The minimum atomic E-state index is -0.808. The second-order valence-electron chi connectivity index (χ2n) is 6.73. The Morgan fingerprint density at radius 2 is 1.71 bits per heavy atom. The van der Waals surface area contributed by atoms with Crippen molar-refractivity contribution in [2.24, 2.45) is 5.41 Å². The molecule has 6 nitrogen and oxygen atoms in total. The maximum absolute atomic E-state index is 12.5. The molecule has 21 heavy (non-hydrogen) atoms. The molecule has 1 atom stereocenters. The second kappa shape index (κ2) is 5.83. The number of carbonyl (C=O) groups excluding carboxylic acids is 1. The fourth-order valence-corrected chi connectivity index (χ4v) is 3.43. The van der Waals surface area contributed by atoms with Gasteiger partial charge in [0.05, 0.1) is 17.6 Å². The molecule has 0 aliphatic carbocycles. The molecule has 0 saturated carbocycles. The fraction of sp³-hybridized carbons (Fsp3) is 0.867. The zero-order valence-electron chi connectivity index (χ0n) is 13.0. The van der Waals surface area contributed by atoms with E-state index in [1.165, 1.54) is 0 Å². The van der Waals surface area contributed by atoms with Crippen molar-refractivity contribution in [2.75, 3.05) is 26.2 Å². The predicted octanol–water partition coefficient (Wildman–Crippen LogP) is 1.53. The minimum absolute atomic E-state index is 0.0648. The lowest BCUT2D eigenvalue weighted by molar-refractivity contribution is -0.152. The SMILES string of the molecule is CCC1(C(=O)O)CCN(C(=O)N2CCCC(C)(O)C2)CC1. The van der Waals surface area contributed by atoms with E-state index in [2.05, 4.69) is 0 Å². The minimum Gasteiger partial charge on any atom is -0.481 e. The second-order valence-corrected chi connectivity index (χ2v) is 6.73. The van der Waals surface area contributed by atoms with Crippen molar-refractivity contribution in [1.82, 2.24) is 9.80 Å². The van der Waals surface area contributed by atoms with Crippen LogP contribution in [0.5, 0.6) is 0 Å². The van der Waals surface area contributed by atoms with Gasteiger partial charge >= 0.3 is 12.0 Å². The van der Waals surface area contributed by atoms with Gasteiger partial charge in [0, 0.05) is 19.6 Å². The van der Waals surface area contributed by atoms with Crippen LogP contribution in [0.15, 0.2) is 0 Å². The van der Waals surface area contributed by atoms with E-state index in [-0.39, 0.29) is 6.03 Å². The van der Waals surface area contributed by atoms with Crippen LogP contribution in [0.4, 0.5) is 4.79 Å². The Labute approximate surface area is 125 Å². The molecule has 2 fully saturated rings. The number of likely N-dealkylation sites (tertiary alicyclic amines) is 2. The van der Waals surface area contributed by atoms with E-state index in [1.54, 1.807) is 16.7 Å². The lowest BCUT2D eigenvalue weighted by Crippen LogP contribution is -2.55. The number of aliphatic hydroxyl groups is 1. The Morgan fingerprint density at radius 1 is 1.10 bits per heavy atom. The highest BCUT2D eigenvalue weighted by Gasteiger charge is 2.42. The first kappa shape index (κ1) is 16.1. The van der Waals surface area contributed by atoms with Gasteiger partial charge in [-0.05, 0) is 39.0 Å². The number of nitrogens with zero attached hydrogens (tertiary/aromatic N) is 2. The van der Waals surface area contributed by atoms with Crippen molar-refractivity contribution >= 4 is 12.0 Å². The molecule has 2 saturated heterocycles. The molecule has 0 bridgehead atoms. The zero-order valence-corrected chi connectivity index (χ0v) is 13.0. The molecule has 2 amide bonds. The van der Waals surface area contributed by atoms with Crippen LogP contribution in [0.25, 0.3) is 0 Å². The number of piperidine rings is 2. The summed E-state index contributed by atoms with van der Waals surface area (Å²) in [5, 5.41) is 19.5. The third-order valence-electron chi connectivity index (χ3n) is 5.07. The summed E-state index contributed by atoms with van der Waals surface area (Å²) in [7, 11) is 0. The molecule has 0 spiro atoms. The number of aliphatic carboxylic acids is 1. The topological polar surface area (TPSA) is 81.1 Å². The average Bonchev–Trinajstić information content (AvgIpc) is 2.45. The molecule has 2 N–H and O–H groups in total. The van der Waals surface area contributed by atoms with Crippen molar-refractivity contribution in [1.29, 1.82) is 0 Å². The summed E-state index contributed by atoms with van der Waals surface area (Å²) in [6, 6.07) is -0.0648. The average molecular weight is 298 g/mol. The van der Waals surface area contributed by atoms with Crippen molar-refractivity contribution < 1.29 is 19.8 Å². The van der Waals surface area contributed by atoms with Gasteiger partial charge in [-0.1, -0.05) is 6.92 Å². The van der Waals surface area contributed by atoms with Crippen LogP contribution >= 0.6 is 0 Å². The summed E-state index contributed by atoms with van der Waals surface area (Å²) in [5.74, 6) is -0.752. The number of hydrogen-bond acceptors (Lipinski definition) is 3. The Morgan fingerprint density at radius 3 is 2.19 bits per heavy atom. The van der Waals surface area contributed by atoms with Crippen LogP contribution < -0.4 is 0 Å². The molecule has 0 radical (unpaired) electrons. The molecule has 2 aliphatic rings. The first-order valence-electron chi connectivity index (χ1n) is 7.79. The molecule has 0 aromatic heterocycles.